The van der Waals surface area contributed by atoms with Crippen molar-refractivity contribution < 1.29 is 4.79 Å². The Morgan fingerprint density at radius 1 is 1.55 bits per heavy atom. The largest absolute Gasteiger partial charge is 0.346 e. The van der Waals surface area contributed by atoms with Crippen LogP contribution in [0, 0.1) is 5.92 Å². The van der Waals surface area contributed by atoms with Gasteiger partial charge in [0, 0.05) is 18.6 Å². The van der Waals surface area contributed by atoms with E-state index in [0.29, 0.717) is 5.56 Å². The highest BCUT2D eigenvalue weighted by molar-refractivity contribution is 9.09. The lowest BCUT2D eigenvalue weighted by Gasteiger charge is -2.39. The second kappa shape index (κ2) is 6.29. The van der Waals surface area contributed by atoms with Crippen molar-refractivity contribution in [2.24, 2.45) is 13.0 Å². The van der Waals surface area contributed by atoms with E-state index >= 15 is 0 Å². The number of nitrogens with zero attached hydrogens (tertiary/aromatic N) is 2. The first kappa shape index (κ1) is 15.5. The Bertz CT molecular complexity index is 475. The zero-order chi connectivity index (χ0) is 14.8. The normalized spacial score (nSPS) is 26.5. The molecular formula is C15H24BrN3O. The van der Waals surface area contributed by atoms with Gasteiger partial charge in [-0.1, -0.05) is 29.8 Å². The smallest absolute Gasteiger partial charge is 0.255 e. The van der Waals surface area contributed by atoms with Gasteiger partial charge in [-0.25, -0.2) is 0 Å². The molecule has 0 saturated heterocycles. The van der Waals surface area contributed by atoms with Crippen LogP contribution >= 0.6 is 15.9 Å². The number of alkyl halides is 1. The molecule has 1 heterocycles. The number of amides is 1. The molecule has 112 valence electrons. The minimum atomic E-state index is -0.0928. The van der Waals surface area contributed by atoms with E-state index in [0.717, 1.165) is 36.2 Å². The first-order valence-corrected chi connectivity index (χ1v) is 8.53. The standard InChI is InChI=1S/C15H24BrN3O/c1-4-13-12(9-19(3)18-13)14(20)17-15(10-16)7-5-11(2)6-8-15/h9,11H,4-8,10H2,1-3H3,(H,17,20). The van der Waals surface area contributed by atoms with E-state index in [1.807, 2.05) is 20.2 Å². The number of hydrogen-bond acceptors (Lipinski definition) is 2. The molecule has 0 radical (unpaired) electrons. The number of aromatic nitrogens is 2. The van der Waals surface area contributed by atoms with E-state index in [-0.39, 0.29) is 11.4 Å². The van der Waals surface area contributed by atoms with Crippen molar-refractivity contribution >= 4 is 21.8 Å². The summed E-state index contributed by atoms with van der Waals surface area (Å²) in [6.45, 7) is 4.32. The lowest BCUT2D eigenvalue weighted by atomic mass is 9.78. The van der Waals surface area contributed by atoms with Crippen molar-refractivity contribution in [3.63, 3.8) is 0 Å². The molecule has 0 spiro atoms. The molecule has 0 bridgehead atoms. The SMILES string of the molecule is CCc1nn(C)cc1C(=O)NC1(CBr)CCC(C)CC1. The van der Waals surface area contributed by atoms with E-state index in [2.05, 4.69) is 33.3 Å². The predicted octanol–water partition coefficient (Wildman–Crippen LogP) is 3.06. The maximum absolute atomic E-state index is 12.6. The zero-order valence-corrected chi connectivity index (χ0v) is 14.2. The van der Waals surface area contributed by atoms with Gasteiger partial charge in [0.05, 0.1) is 16.8 Å². The van der Waals surface area contributed by atoms with Crippen molar-refractivity contribution in [3.05, 3.63) is 17.5 Å². The number of carbonyl (C=O) groups is 1. The summed E-state index contributed by atoms with van der Waals surface area (Å²) in [6.07, 6.45) is 7.06. The highest BCUT2D eigenvalue weighted by atomic mass is 79.9. The second-order valence-electron chi connectivity index (χ2n) is 6.07. The van der Waals surface area contributed by atoms with Gasteiger partial charge >= 0.3 is 0 Å². The van der Waals surface area contributed by atoms with Crippen molar-refractivity contribution in [2.75, 3.05) is 5.33 Å². The van der Waals surface area contributed by atoms with E-state index in [9.17, 15) is 4.79 Å². The third-order valence-electron chi connectivity index (χ3n) is 4.35. The molecule has 5 heteroatoms. The Morgan fingerprint density at radius 2 is 2.20 bits per heavy atom. The van der Waals surface area contributed by atoms with Crippen LogP contribution in [0.1, 0.15) is 55.6 Å². The van der Waals surface area contributed by atoms with Crippen molar-refractivity contribution in [1.29, 1.82) is 0 Å². The molecule has 1 aliphatic rings. The number of hydrogen-bond donors (Lipinski definition) is 1. The first-order valence-electron chi connectivity index (χ1n) is 7.40. The van der Waals surface area contributed by atoms with Gasteiger partial charge in [0.25, 0.3) is 5.91 Å². The molecule has 1 N–H and O–H groups in total. The number of carbonyl (C=O) groups excluding carboxylic acids is 1. The van der Waals surface area contributed by atoms with E-state index in [1.54, 1.807) is 4.68 Å². The summed E-state index contributed by atoms with van der Waals surface area (Å²) in [5.41, 5.74) is 1.50. The van der Waals surface area contributed by atoms with Crippen LogP contribution in [0.4, 0.5) is 0 Å². The number of halogens is 1. The van der Waals surface area contributed by atoms with Gasteiger partial charge in [-0.15, -0.1) is 0 Å². The Kier molecular flexibility index (Phi) is 4.89. The van der Waals surface area contributed by atoms with Crippen LogP contribution in [0.25, 0.3) is 0 Å². The highest BCUT2D eigenvalue weighted by Gasteiger charge is 2.35. The molecule has 1 amide bonds. The van der Waals surface area contributed by atoms with Crippen molar-refractivity contribution in [3.8, 4) is 0 Å². The van der Waals surface area contributed by atoms with E-state index < -0.39 is 0 Å². The number of nitrogens with one attached hydrogen (secondary N) is 1. The zero-order valence-electron chi connectivity index (χ0n) is 12.6. The minimum Gasteiger partial charge on any atom is -0.346 e. The molecule has 4 nitrogen and oxygen atoms in total. The molecule has 20 heavy (non-hydrogen) atoms. The minimum absolute atomic E-state index is 0.0175. The summed E-state index contributed by atoms with van der Waals surface area (Å²) >= 11 is 3.59. The molecule has 2 rings (SSSR count). The topological polar surface area (TPSA) is 46.9 Å². The molecule has 1 saturated carbocycles. The molecule has 1 fully saturated rings. The summed E-state index contributed by atoms with van der Waals surface area (Å²) < 4.78 is 1.72. The van der Waals surface area contributed by atoms with Crippen LogP contribution in [0.2, 0.25) is 0 Å². The fraction of sp³-hybridized carbons (Fsp3) is 0.733. The van der Waals surface area contributed by atoms with Gasteiger partial charge < -0.3 is 5.32 Å². The summed E-state index contributed by atoms with van der Waals surface area (Å²) in [7, 11) is 1.86. The Labute approximate surface area is 129 Å². The van der Waals surface area contributed by atoms with Crippen molar-refractivity contribution in [1.82, 2.24) is 15.1 Å². The molecule has 0 aromatic carbocycles. The first-order chi connectivity index (χ1) is 9.49. The lowest BCUT2D eigenvalue weighted by molar-refractivity contribution is 0.0873. The van der Waals surface area contributed by atoms with Crippen LogP contribution in [0.3, 0.4) is 0 Å². The molecule has 1 aliphatic carbocycles. The Morgan fingerprint density at radius 3 is 2.75 bits per heavy atom. The Balaban J connectivity index is 2.13. The predicted molar refractivity (Wildman–Crippen MR) is 84.2 cm³/mol. The van der Waals surface area contributed by atoms with Crippen LogP contribution in [-0.2, 0) is 13.5 Å². The molecule has 0 unspecified atom stereocenters. The monoisotopic (exact) mass is 341 g/mol. The molecule has 0 aliphatic heterocycles. The van der Waals surface area contributed by atoms with Gasteiger partial charge in [0.15, 0.2) is 0 Å². The lowest BCUT2D eigenvalue weighted by Crippen LogP contribution is -2.52. The van der Waals surface area contributed by atoms with Gasteiger partial charge in [-0.2, -0.15) is 5.10 Å². The summed E-state index contributed by atoms with van der Waals surface area (Å²) in [5.74, 6) is 0.785. The molecule has 0 atom stereocenters. The molecular weight excluding hydrogens is 318 g/mol. The summed E-state index contributed by atoms with van der Waals surface area (Å²) in [6, 6.07) is 0. The van der Waals surface area contributed by atoms with Crippen LogP contribution in [0.15, 0.2) is 6.20 Å². The fourth-order valence-corrected chi connectivity index (χ4v) is 3.60. The fourth-order valence-electron chi connectivity index (χ4n) is 2.90. The summed E-state index contributed by atoms with van der Waals surface area (Å²) in [5, 5.41) is 8.44. The quantitative estimate of drug-likeness (QED) is 0.855. The van der Waals surface area contributed by atoms with Crippen LogP contribution in [0.5, 0.6) is 0 Å². The van der Waals surface area contributed by atoms with Crippen LogP contribution in [-0.4, -0.2) is 26.6 Å². The van der Waals surface area contributed by atoms with Gasteiger partial charge in [0.2, 0.25) is 0 Å². The average Bonchev–Trinajstić information content (AvgIpc) is 2.83. The summed E-state index contributed by atoms with van der Waals surface area (Å²) in [4.78, 5) is 12.6. The third-order valence-corrected chi connectivity index (χ3v) is 5.42. The third kappa shape index (κ3) is 3.25. The maximum atomic E-state index is 12.6. The molecule has 1 aromatic rings. The second-order valence-corrected chi connectivity index (χ2v) is 6.63. The maximum Gasteiger partial charge on any atom is 0.255 e. The number of aryl methyl sites for hydroxylation is 2. The molecule has 1 aromatic heterocycles. The van der Waals surface area contributed by atoms with Crippen molar-refractivity contribution in [2.45, 2.75) is 51.5 Å². The van der Waals surface area contributed by atoms with E-state index in [1.165, 1.54) is 12.8 Å². The average molecular weight is 342 g/mol. The number of rotatable bonds is 4. The van der Waals surface area contributed by atoms with Gasteiger partial charge in [-0.3, -0.25) is 9.48 Å². The highest BCUT2D eigenvalue weighted by Crippen LogP contribution is 2.33. The van der Waals surface area contributed by atoms with Gasteiger partial charge in [-0.05, 0) is 38.0 Å². The van der Waals surface area contributed by atoms with Gasteiger partial charge in [0.1, 0.15) is 0 Å². The van der Waals surface area contributed by atoms with Crippen LogP contribution < -0.4 is 5.32 Å². The Hall–Kier alpha value is -0.840. The van der Waals surface area contributed by atoms with E-state index in [4.69, 9.17) is 0 Å².